The molecule has 2 N–H and O–H groups in total. The first kappa shape index (κ1) is 26.5. The van der Waals surface area contributed by atoms with Crippen molar-refractivity contribution in [2.75, 3.05) is 0 Å². The molecular formula is C24H28BrF2N5O3S. The molecule has 3 aromatic heterocycles. The monoisotopic (exact) mass is 583 g/mol. The quantitative estimate of drug-likeness (QED) is 0.392. The van der Waals surface area contributed by atoms with Crippen LogP contribution in [0.1, 0.15) is 61.5 Å². The fraction of sp³-hybridized carbons (Fsp3) is 0.500. The third-order valence-corrected chi connectivity index (χ3v) is 8.05. The average Bonchev–Trinajstić information content (AvgIpc) is 3.38. The molecule has 3 heterocycles. The molecule has 12 heteroatoms. The Morgan fingerprint density at radius 1 is 1.33 bits per heavy atom. The van der Waals surface area contributed by atoms with Gasteiger partial charge < -0.3 is 10.4 Å². The van der Waals surface area contributed by atoms with Crippen molar-refractivity contribution in [3.63, 3.8) is 0 Å². The molecule has 4 rings (SSSR count). The largest absolute Gasteiger partial charge is 0.465 e. The van der Waals surface area contributed by atoms with E-state index in [2.05, 4.69) is 31.3 Å². The van der Waals surface area contributed by atoms with Crippen molar-refractivity contribution in [1.82, 2.24) is 24.8 Å². The average molecular weight is 584 g/mol. The number of aromatic nitrogens is 3. The number of hydrogen-bond donors (Lipinski definition) is 2. The number of thiophene rings is 1. The number of amides is 2. The van der Waals surface area contributed by atoms with Crippen molar-refractivity contribution in [2.45, 2.75) is 76.9 Å². The van der Waals surface area contributed by atoms with Gasteiger partial charge in [-0.15, -0.1) is 11.3 Å². The molecule has 194 valence electrons. The first-order valence-electron chi connectivity index (χ1n) is 11.7. The SMILES string of the molecule is CCc1sc(C(=O)N[C@@H]2[C@H](N(C(=O)O)C(C)(C)C)CCCC2(F)F)cc1-c1cnn2cc(Br)cnc12. The van der Waals surface area contributed by atoms with Crippen LogP contribution in [0.5, 0.6) is 0 Å². The van der Waals surface area contributed by atoms with Gasteiger partial charge in [0, 0.05) is 40.4 Å². The van der Waals surface area contributed by atoms with E-state index >= 15 is 8.78 Å². The second kappa shape index (κ2) is 9.70. The minimum atomic E-state index is -3.25. The Balaban J connectivity index is 1.68. The predicted octanol–water partition coefficient (Wildman–Crippen LogP) is 5.85. The van der Waals surface area contributed by atoms with Crippen molar-refractivity contribution < 1.29 is 23.5 Å². The summed E-state index contributed by atoms with van der Waals surface area (Å²) in [6.45, 7) is 6.93. The van der Waals surface area contributed by atoms with Crippen LogP contribution in [0.15, 0.2) is 29.1 Å². The van der Waals surface area contributed by atoms with Gasteiger partial charge >= 0.3 is 6.09 Å². The van der Waals surface area contributed by atoms with Gasteiger partial charge in [-0.1, -0.05) is 6.92 Å². The third-order valence-electron chi connectivity index (χ3n) is 6.37. The fourth-order valence-electron chi connectivity index (χ4n) is 4.84. The number of aryl methyl sites for hydroxylation is 1. The highest BCUT2D eigenvalue weighted by atomic mass is 79.9. The van der Waals surface area contributed by atoms with Crippen LogP contribution in [0.2, 0.25) is 0 Å². The molecular weight excluding hydrogens is 556 g/mol. The van der Waals surface area contributed by atoms with E-state index in [9.17, 15) is 14.7 Å². The highest BCUT2D eigenvalue weighted by Gasteiger charge is 2.52. The second-order valence-corrected chi connectivity index (χ2v) is 11.9. The summed E-state index contributed by atoms with van der Waals surface area (Å²) in [5.74, 6) is -3.89. The van der Waals surface area contributed by atoms with E-state index in [1.165, 1.54) is 11.3 Å². The summed E-state index contributed by atoms with van der Waals surface area (Å²) >= 11 is 4.59. The maximum atomic E-state index is 15.1. The Morgan fingerprint density at radius 2 is 2.06 bits per heavy atom. The summed E-state index contributed by atoms with van der Waals surface area (Å²) in [5, 5.41) is 16.7. The van der Waals surface area contributed by atoms with Gasteiger partial charge in [0.2, 0.25) is 0 Å². The van der Waals surface area contributed by atoms with Gasteiger partial charge in [0.15, 0.2) is 5.65 Å². The zero-order chi connectivity index (χ0) is 26.4. The predicted molar refractivity (Wildman–Crippen MR) is 137 cm³/mol. The van der Waals surface area contributed by atoms with Crippen LogP contribution in [0.25, 0.3) is 16.8 Å². The van der Waals surface area contributed by atoms with E-state index in [-0.39, 0.29) is 17.7 Å². The molecule has 0 unspecified atom stereocenters. The van der Waals surface area contributed by atoms with E-state index in [0.29, 0.717) is 12.1 Å². The lowest BCUT2D eigenvalue weighted by Gasteiger charge is -2.47. The highest BCUT2D eigenvalue weighted by Crippen LogP contribution is 2.39. The van der Waals surface area contributed by atoms with Gasteiger partial charge in [0.1, 0.15) is 6.04 Å². The summed E-state index contributed by atoms with van der Waals surface area (Å²) in [6.07, 6.45) is 4.42. The summed E-state index contributed by atoms with van der Waals surface area (Å²) in [7, 11) is 0. The van der Waals surface area contributed by atoms with Gasteiger partial charge in [-0.3, -0.25) is 9.69 Å². The van der Waals surface area contributed by atoms with Crippen molar-refractivity contribution in [3.8, 4) is 11.1 Å². The molecule has 1 saturated carbocycles. The van der Waals surface area contributed by atoms with Gasteiger partial charge in [-0.05, 0) is 62.0 Å². The standard InChI is InChI=1S/C24H28BrF2N5O3S/c1-5-17-14(15-11-29-31-12-13(25)10-28-20(15)31)9-18(36-17)21(33)30-19-16(7-6-8-24(19,26)27)32(22(34)35)23(2,3)4/h9-12,16,19H,5-8H2,1-4H3,(H,30,33)(H,34,35)/t16-,19-/m1/s1. The maximum absolute atomic E-state index is 15.1. The molecule has 1 aliphatic rings. The van der Waals surface area contributed by atoms with Crippen molar-refractivity contribution >= 4 is 44.9 Å². The normalized spacial score (nSPS) is 19.9. The smallest absolute Gasteiger partial charge is 0.408 e. The lowest BCUT2D eigenvalue weighted by molar-refractivity contribution is -0.0973. The van der Waals surface area contributed by atoms with Crippen molar-refractivity contribution in [3.05, 3.63) is 38.9 Å². The van der Waals surface area contributed by atoms with Crippen LogP contribution in [-0.4, -0.2) is 60.2 Å². The molecule has 2 amide bonds. The van der Waals surface area contributed by atoms with Crippen LogP contribution in [0.3, 0.4) is 0 Å². The molecule has 1 fully saturated rings. The second-order valence-electron chi connectivity index (χ2n) is 9.89. The minimum absolute atomic E-state index is 0.172. The molecule has 0 aliphatic heterocycles. The molecule has 2 atom stereocenters. The Kier molecular flexibility index (Phi) is 7.13. The number of nitrogens with one attached hydrogen (secondary N) is 1. The molecule has 1 aliphatic carbocycles. The molecule has 0 saturated heterocycles. The molecule has 0 spiro atoms. The van der Waals surface area contributed by atoms with Crippen LogP contribution in [-0.2, 0) is 6.42 Å². The van der Waals surface area contributed by atoms with Crippen LogP contribution in [0.4, 0.5) is 13.6 Å². The van der Waals surface area contributed by atoms with Crippen molar-refractivity contribution in [2.24, 2.45) is 0 Å². The van der Waals surface area contributed by atoms with Crippen LogP contribution < -0.4 is 5.32 Å². The number of carbonyl (C=O) groups is 2. The molecule has 3 aromatic rings. The number of alkyl halides is 2. The van der Waals surface area contributed by atoms with Gasteiger partial charge in [0.25, 0.3) is 11.8 Å². The molecule has 0 aromatic carbocycles. The lowest BCUT2D eigenvalue weighted by atomic mass is 9.84. The zero-order valence-corrected chi connectivity index (χ0v) is 22.8. The number of carboxylic acid groups (broad SMARTS) is 1. The number of nitrogens with zero attached hydrogens (tertiary/aromatic N) is 4. The van der Waals surface area contributed by atoms with Crippen molar-refractivity contribution in [1.29, 1.82) is 0 Å². The lowest BCUT2D eigenvalue weighted by Crippen LogP contribution is -2.66. The highest BCUT2D eigenvalue weighted by molar-refractivity contribution is 9.10. The molecule has 0 bridgehead atoms. The maximum Gasteiger partial charge on any atom is 0.408 e. The van der Waals surface area contributed by atoms with Gasteiger partial charge in [-0.25, -0.2) is 23.1 Å². The Bertz CT molecular complexity index is 1300. The zero-order valence-electron chi connectivity index (χ0n) is 20.4. The Morgan fingerprint density at radius 3 is 2.69 bits per heavy atom. The third kappa shape index (κ3) is 4.97. The van der Waals surface area contributed by atoms with E-state index in [0.717, 1.165) is 25.4 Å². The van der Waals surface area contributed by atoms with Gasteiger partial charge in [0.05, 0.1) is 21.6 Å². The topological polar surface area (TPSA) is 99.8 Å². The minimum Gasteiger partial charge on any atom is -0.465 e. The molecule has 0 radical (unpaired) electrons. The summed E-state index contributed by atoms with van der Waals surface area (Å²) in [4.78, 5) is 32.0. The summed E-state index contributed by atoms with van der Waals surface area (Å²) < 4.78 is 32.7. The van der Waals surface area contributed by atoms with Gasteiger partial charge in [-0.2, -0.15) is 5.10 Å². The van der Waals surface area contributed by atoms with E-state index in [1.54, 1.807) is 49.9 Å². The summed E-state index contributed by atoms with van der Waals surface area (Å²) in [6, 6.07) is -1.02. The van der Waals surface area contributed by atoms with Crippen LogP contribution >= 0.6 is 27.3 Å². The first-order chi connectivity index (χ1) is 16.8. The fourth-order valence-corrected chi connectivity index (χ4v) is 6.16. The number of carbonyl (C=O) groups excluding carboxylic acids is 1. The Hall–Kier alpha value is -2.60. The molecule has 36 heavy (non-hydrogen) atoms. The number of fused-ring (bicyclic) bond motifs is 1. The van der Waals surface area contributed by atoms with E-state index in [1.807, 2.05) is 6.92 Å². The molecule has 8 nitrogen and oxygen atoms in total. The number of hydrogen-bond acceptors (Lipinski definition) is 5. The first-order valence-corrected chi connectivity index (χ1v) is 13.3. The number of rotatable bonds is 5. The van der Waals surface area contributed by atoms with E-state index in [4.69, 9.17) is 0 Å². The summed E-state index contributed by atoms with van der Waals surface area (Å²) in [5.41, 5.74) is 1.20. The number of halogens is 3. The van der Waals surface area contributed by atoms with E-state index < -0.39 is 42.0 Å². The van der Waals surface area contributed by atoms with Crippen LogP contribution in [0, 0.1) is 0 Å². The Labute approximate surface area is 219 Å².